The fourth-order valence-electron chi connectivity index (χ4n) is 2.57. The Morgan fingerprint density at radius 3 is 2.68 bits per heavy atom. The van der Waals surface area contributed by atoms with Crippen molar-refractivity contribution in [2.24, 2.45) is 0 Å². The van der Waals surface area contributed by atoms with Gasteiger partial charge in [0.25, 0.3) is 5.91 Å². The van der Waals surface area contributed by atoms with Crippen molar-refractivity contribution >= 4 is 43.9 Å². The molecule has 0 aliphatic carbocycles. The largest absolute Gasteiger partial charge is 0.461 e. The van der Waals surface area contributed by atoms with E-state index in [2.05, 4.69) is 25.5 Å². The van der Waals surface area contributed by atoms with Crippen molar-refractivity contribution < 1.29 is 9.21 Å². The normalized spacial score (nSPS) is 11.2. The molecule has 0 aromatic carbocycles. The van der Waals surface area contributed by atoms with E-state index in [1.54, 1.807) is 12.3 Å². The average molecular weight is 371 g/mol. The number of thiophene rings is 1. The van der Waals surface area contributed by atoms with Crippen LogP contribution >= 0.6 is 22.7 Å². The minimum absolute atomic E-state index is 0.212. The lowest BCUT2D eigenvalue weighted by molar-refractivity contribution is 0.103. The van der Waals surface area contributed by atoms with Crippen molar-refractivity contribution in [1.82, 2.24) is 20.2 Å². The van der Waals surface area contributed by atoms with E-state index >= 15 is 0 Å². The Morgan fingerprint density at radius 2 is 2.00 bits per heavy atom. The number of amides is 1. The summed E-state index contributed by atoms with van der Waals surface area (Å²) in [6.07, 6.45) is 1.58. The van der Waals surface area contributed by atoms with Crippen LogP contribution in [0.3, 0.4) is 0 Å². The van der Waals surface area contributed by atoms with Gasteiger partial charge in [-0.15, -0.1) is 21.5 Å². The van der Waals surface area contributed by atoms with E-state index < -0.39 is 0 Å². The molecule has 0 unspecified atom stereocenters. The zero-order valence-electron chi connectivity index (χ0n) is 13.7. The predicted molar refractivity (Wildman–Crippen MR) is 97.2 cm³/mol. The molecule has 0 atom stereocenters. The van der Waals surface area contributed by atoms with Crippen molar-refractivity contribution in [2.45, 2.75) is 20.8 Å². The minimum atomic E-state index is -0.212. The lowest BCUT2D eigenvalue weighted by Gasteiger charge is -2.01. The molecular formula is C16H13N5O2S2. The van der Waals surface area contributed by atoms with Gasteiger partial charge in [-0.2, -0.15) is 0 Å². The van der Waals surface area contributed by atoms with Crippen LogP contribution in [0.25, 0.3) is 21.8 Å². The molecule has 0 spiro atoms. The van der Waals surface area contributed by atoms with E-state index in [4.69, 9.17) is 4.42 Å². The van der Waals surface area contributed by atoms with Gasteiger partial charge in [0.05, 0.1) is 16.8 Å². The van der Waals surface area contributed by atoms with E-state index in [1.165, 1.54) is 22.7 Å². The number of rotatable bonds is 3. The first-order valence-corrected chi connectivity index (χ1v) is 9.09. The second kappa shape index (κ2) is 6.01. The molecule has 126 valence electrons. The van der Waals surface area contributed by atoms with Gasteiger partial charge in [0.1, 0.15) is 9.84 Å². The van der Waals surface area contributed by atoms with E-state index in [9.17, 15) is 4.79 Å². The monoisotopic (exact) mass is 371 g/mol. The third kappa shape index (κ3) is 2.81. The number of anilines is 1. The van der Waals surface area contributed by atoms with Gasteiger partial charge in [0, 0.05) is 5.39 Å². The van der Waals surface area contributed by atoms with Crippen LogP contribution in [0.1, 0.15) is 25.9 Å². The molecule has 0 saturated carbocycles. The summed E-state index contributed by atoms with van der Waals surface area (Å²) in [6, 6.07) is 3.60. The van der Waals surface area contributed by atoms with Gasteiger partial charge in [0.2, 0.25) is 5.13 Å². The maximum Gasteiger partial charge on any atom is 0.267 e. The molecule has 4 aromatic rings. The summed E-state index contributed by atoms with van der Waals surface area (Å²) >= 11 is 2.67. The molecule has 1 N–H and O–H groups in total. The maximum atomic E-state index is 12.6. The summed E-state index contributed by atoms with van der Waals surface area (Å²) in [5.74, 6) is 0.907. The molecule has 0 fully saturated rings. The highest BCUT2D eigenvalue weighted by Gasteiger charge is 2.21. The Hall–Kier alpha value is -2.65. The van der Waals surface area contributed by atoms with Gasteiger partial charge in [-0.3, -0.25) is 10.1 Å². The number of nitrogens with zero attached hydrogens (tertiary/aromatic N) is 4. The summed E-state index contributed by atoms with van der Waals surface area (Å²) in [4.78, 5) is 23.0. The number of aromatic nitrogens is 4. The summed E-state index contributed by atoms with van der Waals surface area (Å²) < 4.78 is 5.38. The van der Waals surface area contributed by atoms with Crippen molar-refractivity contribution in [2.75, 3.05) is 5.32 Å². The highest BCUT2D eigenvalue weighted by Crippen LogP contribution is 2.33. The fraction of sp³-hybridized carbons (Fsp3) is 0.188. The fourth-order valence-corrected chi connectivity index (χ4v) is 4.29. The molecule has 4 heterocycles. The second-order valence-electron chi connectivity index (χ2n) is 5.43. The lowest BCUT2D eigenvalue weighted by Crippen LogP contribution is -2.11. The van der Waals surface area contributed by atoms with E-state index in [1.807, 2.05) is 26.8 Å². The molecule has 0 saturated heterocycles. The van der Waals surface area contributed by atoms with Crippen molar-refractivity contribution in [1.29, 1.82) is 0 Å². The second-order valence-corrected chi connectivity index (χ2v) is 7.61. The van der Waals surface area contributed by atoms with Gasteiger partial charge in [-0.25, -0.2) is 9.97 Å². The van der Waals surface area contributed by atoms with Crippen LogP contribution in [0.5, 0.6) is 0 Å². The Labute approximate surface area is 150 Å². The third-order valence-corrected chi connectivity index (χ3v) is 5.60. The van der Waals surface area contributed by atoms with E-state index in [0.717, 1.165) is 26.5 Å². The van der Waals surface area contributed by atoms with Crippen molar-refractivity contribution in [3.8, 4) is 11.6 Å². The Balaban J connectivity index is 1.76. The van der Waals surface area contributed by atoms with Gasteiger partial charge in [0.15, 0.2) is 11.6 Å². The zero-order valence-corrected chi connectivity index (χ0v) is 15.3. The summed E-state index contributed by atoms with van der Waals surface area (Å²) in [7, 11) is 0. The van der Waals surface area contributed by atoms with Crippen LogP contribution in [-0.4, -0.2) is 26.1 Å². The standard InChI is InChI=1S/C16H13N5O2S2/c1-7-11-8(2)17-13(10-5-4-6-23-10)18-15(11)25-12(7)14(22)19-16-21-20-9(3)24-16/h4-6H,1-3H3,(H,19,21,22). The topological polar surface area (TPSA) is 93.8 Å². The SMILES string of the molecule is Cc1nnc(NC(=O)c2sc3nc(-c4ccco4)nc(C)c3c2C)s1. The average Bonchev–Trinajstić information content (AvgIpc) is 3.28. The minimum Gasteiger partial charge on any atom is -0.461 e. The molecule has 0 aliphatic rings. The summed E-state index contributed by atoms with van der Waals surface area (Å²) in [5.41, 5.74) is 1.68. The van der Waals surface area contributed by atoms with Crippen LogP contribution in [0, 0.1) is 20.8 Å². The third-order valence-electron chi connectivity index (χ3n) is 3.67. The van der Waals surface area contributed by atoms with Crippen molar-refractivity contribution in [3.63, 3.8) is 0 Å². The Morgan fingerprint density at radius 1 is 1.16 bits per heavy atom. The molecule has 4 rings (SSSR count). The van der Waals surface area contributed by atoms with Crippen LogP contribution in [0.2, 0.25) is 0 Å². The number of furan rings is 1. The number of nitrogens with one attached hydrogen (secondary N) is 1. The number of carbonyl (C=O) groups excluding carboxylic acids is 1. The van der Waals surface area contributed by atoms with Crippen molar-refractivity contribution in [3.05, 3.63) is 39.5 Å². The van der Waals surface area contributed by atoms with E-state index in [0.29, 0.717) is 21.6 Å². The van der Waals surface area contributed by atoms with Gasteiger partial charge >= 0.3 is 0 Å². The number of hydrogen-bond acceptors (Lipinski definition) is 8. The van der Waals surface area contributed by atoms with Crippen LogP contribution in [-0.2, 0) is 0 Å². The highest BCUT2D eigenvalue weighted by molar-refractivity contribution is 7.21. The number of fused-ring (bicyclic) bond motifs is 1. The maximum absolute atomic E-state index is 12.6. The molecule has 0 aliphatic heterocycles. The summed E-state index contributed by atoms with van der Waals surface area (Å²) in [5, 5.41) is 12.8. The Bertz CT molecular complexity index is 1080. The Kier molecular flexibility index (Phi) is 3.81. The summed E-state index contributed by atoms with van der Waals surface area (Å²) in [6.45, 7) is 5.65. The molecule has 0 bridgehead atoms. The molecule has 4 aromatic heterocycles. The number of carbonyl (C=O) groups is 1. The quantitative estimate of drug-likeness (QED) is 0.585. The van der Waals surface area contributed by atoms with Gasteiger partial charge in [-0.05, 0) is 38.5 Å². The zero-order chi connectivity index (χ0) is 17.6. The smallest absolute Gasteiger partial charge is 0.267 e. The van der Waals surface area contributed by atoms with Crippen LogP contribution in [0.15, 0.2) is 22.8 Å². The first-order chi connectivity index (χ1) is 12.0. The molecule has 25 heavy (non-hydrogen) atoms. The first kappa shape index (κ1) is 15.9. The molecule has 9 heteroatoms. The van der Waals surface area contributed by atoms with Gasteiger partial charge in [-0.1, -0.05) is 11.3 Å². The molecule has 7 nitrogen and oxygen atoms in total. The predicted octanol–water partition coefficient (Wildman–Crippen LogP) is 3.98. The molecule has 1 amide bonds. The highest BCUT2D eigenvalue weighted by atomic mass is 32.1. The first-order valence-electron chi connectivity index (χ1n) is 7.46. The molecular weight excluding hydrogens is 358 g/mol. The number of aryl methyl sites for hydroxylation is 3. The van der Waals surface area contributed by atoms with Gasteiger partial charge < -0.3 is 4.42 Å². The van der Waals surface area contributed by atoms with Crippen LogP contribution < -0.4 is 5.32 Å². The van der Waals surface area contributed by atoms with Crippen LogP contribution in [0.4, 0.5) is 5.13 Å². The lowest BCUT2D eigenvalue weighted by atomic mass is 10.1. The van der Waals surface area contributed by atoms with E-state index in [-0.39, 0.29) is 5.91 Å². The molecule has 0 radical (unpaired) electrons. The number of hydrogen-bond donors (Lipinski definition) is 1.